The highest BCUT2D eigenvalue weighted by Gasteiger charge is 2.32. The Hall–Kier alpha value is -4.05. The van der Waals surface area contributed by atoms with Crippen LogP contribution in [0.15, 0.2) is 58.8 Å². The molecule has 10 nitrogen and oxygen atoms in total. The van der Waals surface area contributed by atoms with E-state index < -0.39 is 24.3 Å². The number of rotatable bonds is 10. The number of hydrogen-bond donors (Lipinski definition) is 4. The lowest BCUT2D eigenvalue weighted by Crippen LogP contribution is -2.45. The van der Waals surface area contributed by atoms with Crippen LogP contribution in [0.5, 0.6) is 11.5 Å². The quantitative estimate of drug-likeness (QED) is 0.177. The van der Waals surface area contributed by atoms with E-state index in [2.05, 4.69) is 21.2 Å². The van der Waals surface area contributed by atoms with Crippen LogP contribution >= 0.6 is 0 Å². The molecule has 2 aromatic rings. The van der Waals surface area contributed by atoms with E-state index in [-0.39, 0.29) is 12.2 Å². The van der Waals surface area contributed by atoms with Gasteiger partial charge in [-0.1, -0.05) is 30.3 Å². The number of aliphatic hydroxyl groups excluding tert-OH is 1. The van der Waals surface area contributed by atoms with Gasteiger partial charge in [0, 0.05) is 5.70 Å². The molecule has 0 radical (unpaired) electrons. The zero-order valence-electron chi connectivity index (χ0n) is 20.1. The number of hydrogen-bond acceptors (Lipinski definition) is 8. The van der Waals surface area contributed by atoms with Crippen molar-refractivity contribution in [3.8, 4) is 11.5 Å². The largest absolute Gasteiger partial charge is 0.490 e. The zero-order chi connectivity index (χ0) is 25.4. The molecule has 10 heteroatoms. The Morgan fingerprint density at radius 1 is 1.20 bits per heavy atom. The predicted molar refractivity (Wildman–Crippen MR) is 130 cm³/mol. The number of carbonyl (C=O) groups excluding carboxylic acids is 2. The van der Waals surface area contributed by atoms with Crippen molar-refractivity contribution in [1.82, 2.24) is 16.1 Å². The summed E-state index contributed by atoms with van der Waals surface area (Å²) in [7, 11) is 1.28. The Morgan fingerprint density at radius 3 is 2.69 bits per heavy atom. The number of aliphatic hydroxyl groups is 1. The molecule has 2 amide bonds. The average molecular weight is 483 g/mol. The van der Waals surface area contributed by atoms with Crippen LogP contribution in [-0.4, -0.2) is 49.9 Å². The maximum atomic E-state index is 12.3. The molecule has 4 N–H and O–H groups in total. The second-order valence-corrected chi connectivity index (χ2v) is 7.77. The van der Waals surface area contributed by atoms with Gasteiger partial charge in [0.25, 0.3) is 0 Å². The highest BCUT2D eigenvalue weighted by molar-refractivity contribution is 5.95. The van der Waals surface area contributed by atoms with Crippen molar-refractivity contribution in [3.05, 3.63) is 70.4 Å². The summed E-state index contributed by atoms with van der Waals surface area (Å²) in [5, 5.41) is 19.6. The molecule has 1 aliphatic rings. The Balaban J connectivity index is 1.72. The van der Waals surface area contributed by atoms with Crippen LogP contribution < -0.4 is 25.5 Å². The van der Waals surface area contributed by atoms with E-state index in [1.165, 1.54) is 7.11 Å². The SMILES string of the molecule is CCOc1cc([C@@H]2NC(=O)NC(C)=C2C(=O)OC)ccc1OC[C@H](O)N/N=C\c1ccccc1C. The number of aryl methyl sites for hydroxylation is 1. The van der Waals surface area contributed by atoms with Gasteiger partial charge in [0.2, 0.25) is 0 Å². The molecule has 0 saturated heterocycles. The zero-order valence-corrected chi connectivity index (χ0v) is 20.1. The number of nitrogens with one attached hydrogen (secondary N) is 3. The maximum Gasteiger partial charge on any atom is 0.337 e. The number of methoxy groups -OCH3 is 1. The van der Waals surface area contributed by atoms with Gasteiger partial charge in [0.05, 0.1) is 31.5 Å². The van der Waals surface area contributed by atoms with Crippen molar-refractivity contribution in [1.29, 1.82) is 0 Å². The van der Waals surface area contributed by atoms with E-state index in [0.717, 1.165) is 11.1 Å². The smallest absolute Gasteiger partial charge is 0.337 e. The minimum atomic E-state index is -1.07. The van der Waals surface area contributed by atoms with Crippen LogP contribution in [0.1, 0.15) is 36.6 Å². The number of nitrogens with zero attached hydrogens (tertiary/aromatic N) is 1. The topological polar surface area (TPSA) is 131 Å². The van der Waals surface area contributed by atoms with E-state index in [9.17, 15) is 14.7 Å². The first kappa shape index (κ1) is 25.6. The summed E-state index contributed by atoms with van der Waals surface area (Å²) in [6.07, 6.45) is 0.561. The summed E-state index contributed by atoms with van der Waals surface area (Å²) in [4.78, 5) is 24.4. The van der Waals surface area contributed by atoms with Gasteiger partial charge in [-0.15, -0.1) is 0 Å². The number of carbonyl (C=O) groups is 2. The molecule has 186 valence electrons. The minimum Gasteiger partial charge on any atom is -0.490 e. The third-order valence-electron chi connectivity index (χ3n) is 5.29. The Kier molecular flexibility index (Phi) is 8.69. The molecular weight excluding hydrogens is 452 g/mol. The fourth-order valence-electron chi connectivity index (χ4n) is 3.55. The van der Waals surface area contributed by atoms with Gasteiger partial charge in [-0.05, 0) is 49.6 Å². The summed E-state index contributed by atoms with van der Waals surface area (Å²) in [6, 6.07) is 11.6. The van der Waals surface area contributed by atoms with Crippen LogP contribution in [0.4, 0.5) is 4.79 Å². The van der Waals surface area contributed by atoms with E-state index in [0.29, 0.717) is 29.4 Å². The fourth-order valence-corrected chi connectivity index (χ4v) is 3.55. The molecule has 1 aliphatic heterocycles. The van der Waals surface area contributed by atoms with Gasteiger partial charge in [-0.2, -0.15) is 5.10 Å². The third kappa shape index (κ3) is 6.51. The molecule has 2 atom stereocenters. The molecule has 0 aliphatic carbocycles. The minimum absolute atomic E-state index is 0.0962. The van der Waals surface area contributed by atoms with E-state index in [1.54, 1.807) is 31.3 Å². The van der Waals surface area contributed by atoms with Gasteiger partial charge in [0.1, 0.15) is 6.61 Å². The summed E-state index contributed by atoms with van der Waals surface area (Å²) in [6.45, 7) is 5.69. The number of urea groups is 1. The van der Waals surface area contributed by atoms with Crippen LogP contribution in [0, 0.1) is 6.92 Å². The van der Waals surface area contributed by atoms with Gasteiger partial charge in [-0.25, -0.2) is 9.59 Å². The van der Waals surface area contributed by atoms with Crippen molar-refractivity contribution >= 4 is 18.2 Å². The number of esters is 1. The lowest BCUT2D eigenvalue weighted by atomic mass is 9.95. The van der Waals surface area contributed by atoms with Crippen LogP contribution in [0.3, 0.4) is 0 Å². The Labute approximate surface area is 204 Å². The first-order chi connectivity index (χ1) is 16.8. The van der Waals surface area contributed by atoms with E-state index in [1.807, 2.05) is 38.1 Å². The first-order valence-corrected chi connectivity index (χ1v) is 11.1. The van der Waals surface area contributed by atoms with Crippen LogP contribution in [0.25, 0.3) is 0 Å². The number of benzene rings is 2. The molecule has 0 saturated carbocycles. The molecule has 35 heavy (non-hydrogen) atoms. The molecule has 1 heterocycles. The second-order valence-electron chi connectivity index (χ2n) is 7.77. The van der Waals surface area contributed by atoms with E-state index in [4.69, 9.17) is 14.2 Å². The number of allylic oxidation sites excluding steroid dienone is 1. The molecule has 0 aromatic heterocycles. The van der Waals surface area contributed by atoms with Gasteiger partial charge < -0.3 is 30.0 Å². The molecule has 0 bridgehead atoms. The summed E-state index contributed by atoms with van der Waals surface area (Å²) in [5.74, 6) is 0.230. The van der Waals surface area contributed by atoms with Gasteiger partial charge in [0.15, 0.2) is 17.7 Å². The number of hydrazone groups is 1. The molecule has 0 fully saturated rings. The van der Waals surface area contributed by atoms with Crippen LogP contribution in [0.2, 0.25) is 0 Å². The molecule has 3 rings (SSSR count). The van der Waals surface area contributed by atoms with Crippen molar-refractivity contribution in [2.75, 3.05) is 20.3 Å². The van der Waals surface area contributed by atoms with Gasteiger partial charge >= 0.3 is 12.0 Å². The highest BCUT2D eigenvalue weighted by atomic mass is 16.5. The van der Waals surface area contributed by atoms with E-state index >= 15 is 0 Å². The molecule has 0 unspecified atom stereocenters. The lowest BCUT2D eigenvalue weighted by molar-refractivity contribution is -0.136. The summed E-state index contributed by atoms with van der Waals surface area (Å²) < 4.78 is 16.3. The predicted octanol–water partition coefficient (Wildman–Crippen LogP) is 2.52. The summed E-state index contributed by atoms with van der Waals surface area (Å²) in [5.41, 5.74) is 5.92. The average Bonchev–Trinajstić information content (AvgIpc) is 2.83. The second kappa shape index (κ2) is 11.9. The fraction of sp³-hybridized carbons (Fsp3) is 0.320. The lowest BCUT2D eigenvalue weighted by Gasteiger charge is -2.28. The molecule has 0 spiro atoms. The molecular formula is C25H30N4O6. The number of ether oxygens (including phenoxy) is 3. The van der Waals surface area contributed by atoms with Gasteiger partial charge in [-0.3, -0.25) is 5.43 Å². The third-order valence-corrected chi connectivity index (χ3v) is 5.29. The van der Waals surface area contributed by atoms with Crippen LogP contribution in [-0.2, 0) is 9.53 Å². The first-order valence-electron chi connectivity index (χ1n) is 11.1. The van der Waals surface area contributed by atoms with Crippen molar-refractivity contribution in [2.24, 2.45) is 5.10 Å². The maximum absolute atomic E-state index is 12.3. The molecule has 2 aromatic carbocycles. The summed E-state index contributed by atoms with van der Waals surface area (Å²) >= 11 is 0. The normalized spacial score (nSPS) is 16.4. The standard InChI is InChI=1S/C25H30N4O6/c1-5-34-20-12-17(23-22(24(31)33-4)16(3)27-25(32)28-23)10-11-19(20)35-14-21(30)29-26-13-18-9-7-6-8-15(18)2/h6-13,21,23,29-30H,5,14H2,1-4H3,(H2,27,28,32)/b26-13-/t21-,23-/m0/s1. The Morgan fingerprint density at radius 2 is 1.97 bits per heavy atom. The van der Waals surface area contributed by atoms with Crippen molar-refractivity contribution in [2.45, 2.75) is 33.0 Å². The monoisotopic (exact) mass is 482 g/mol. The van der Waals surface area contributed by atoms with Crippen molar-refractivity contribution in [3.63, 3.8) is 0 Å². The van der Waals surface area contributed by atoms with Crippen molar-refractivity contribution < 1.29 is 28.9 Å². The number of amides is 2. The Bertz CT molecular complexity index is 1130. The highest BCUT2D eigenvalue weighted by Crippen LogP contribution is 2.34.